The van der Waals surface area contributed by atoms with Crippen LogP contribution in [0.2, 0.25) is 0 Å². The summed E-state index contributed by atoms with van der Waals surface area (Å²) in [5, 5.41) is 51.1. The molecule has 0 aromatic carbocycles. The first-order valence-corrected chi connectivity index (χ1v) is 8.92. The third-order valence-corrected chi connectivity index (χ3v) is 3.88. The summed E-state index contributed by atoms with van der Waals surface area (Å²) in [5.41, 5.74) is 5.49. The first-order valence-electron chi connectivity index (χ1n) is 8.92. The van der Waals surface area contributed by atoms with Crippen molar-refractivity contribution in [2.24, 2.45) is 5.73 Å². The molecule has 0 aliphatic rings. The zero-order valence-electron chi connectivity index (χ0n) is 16.5. The van der Waals surface area contributed by atoms with E-state index in [0.29, 0.717) is 0 Å². The van der Waals surface area contributed by atoms with E-state index >= 15 is 0 Å². The number of rotatable bonds is 14. The summed E-state index contributed by atoms with van der Waals surface area (Å²) in [7, 11) is 0. The zero-order valence-corrected chi connectivity index (χ0v) is 16.5. The monoisotopic (exact) mass is 450 g/mol. The second-order valence-electron chi connectivity index (χ2n) is 6.51. The summed E-state index contributed by atoms with van der Waals surface area (Å²) in [6, 6.07) is -6.59. The summed E-state index contributed by atoms with van der Waals surface area (Å²) >= 11 is 0. The molecule has 0 bridgehead atoms. The Morgan fingerprint density at radius 3 is 1.77 bits per heavy atom. The van der Waals surface area contributed by atoms with Crippen molar-refractivity contribution in [3.05, 3.63) is 0 Å². The summed E-state index contributed by atoms with van der Waals surface area (Å²) in [4.78, 5) is 69.0. The van der Waals surface area contributed by atoms with Gasteiger partial charge in [0.2, 0.25) is 17.7 Å². The van der Waals surface area contributed by atoms with Gasteiger partial charge in [-0.1, -0.05) is 0 Å². The summed E-state index contributed by atoms with van der Waals surface area (Å²) in [6.45, 7) is 0.0881. The molecule has 0 fully saturated rings. The Morgan fingerprint density at radius 1 is 0.839 bits per heavy atom. The Hall–Kier alpha value is -3.30. The van der Waals surface area contributed by atoms with Crippen LogP contribution in [0.25, 0.3) is 0 Å². The minimum absolute atomic E-state index is 0.263. The minimum atomic E-state index is -1.81. The topological polar surface area (TPSA) is 266 Å². The predicted octanol–water partition coefficient (Wildman–Crippen LogP) is -4.43. The summed E-state index contributed by atoms with van der Waals surface area (Å²) < 4.78 is 0. The third-order valence-electron chi connectivity index (χ3n) is 3.88. The number of aliphatic carboxylic acids is 3. The SMILES string of the molecule is CC(O)C(NC(=O)C(CC(=O)O)NC(=O)C(CO)NC(=O)C(N)CCC(=O)O)C(=O)O. The maximum absolute atomic E-state index is 12.3. The summed E-state index contributed by atoms with van der Waals surface area (Å²) in [5.74, 6) is -7.77. The molecule has 0 aromatic heterocycles. The Balaban J connectivity index is 5.23. The van der Waals surface area contributed by atoms with E-state index in [-0.39, 0.29) is 6.42 Å². The number of nitrogens with one attached hydrogen (secondary N) is 3. The van der Waals surface area contributed by atoms with Crippen molar-refractivity contribution in [2.75, 3.05) is 6.61 Å². The molecule has 5 unspecified atom stereocenters. The van der Waals surface area contributed by atoms with E-state index in [2.05, 4.69) is 0 Å². The standard InChI is InChI=1S/C16H26N4O11/c1-6(22)12(16(30)31)20-14(28)8(4-11(25)26)18-15(29)9(5-21)19-13(27)7(17)2-3-10(23)24/h6-9,12,21-22H,2-5,17H2,1H3,(H,18,29)(H,19,27)(H,20,28)(H,23,24)(H,25,26)(H,30,31). The molecule has 10 N–H and O–H groups in total. The molecular weight excluding hydrogens is 424 g/mol. The third kappa shape index (κ3) is 10.3. The molecule has 0 saturated heterocycles. The van der Waals surface area contributed by atoms with Crippen LogP contribution in [0.15, 0.2) is 0 Å². The first kappa shape index (κ1) is 27.7. The maximum Gasteiger partial charge on any atom is 0.328 e. The van der Waals surface area contributed by atoms with E-state index in [4.69, 9.17) is 21.1 Å². The van der Waals surface area contributed by atoms with Gasteiger partial charge in [0.15, 0.2) is 6.04 Å². The molecule has 31 heavy (non-hydrogen) atoms. The largest absolute Gasteiger partial charge is 0.481 e. The average molecular weight is 450 g/mol. The van der Waals surface area contributed by atoms with Gasteiger partial charge < -0.3 is 47.2 Å². The number of aliphatic hydroxyl groups is 2. The molecular formula is C16H26N4O11. The van der Waals surface area contributed by atoms with Crippen molar-refractivity contribution in [3.63, 3.8) is 0 Å². The average Bonchev–Trinajstić information content (AvgIpc) is 2.66. The predicted molar refractivity (Wildman–Crippen MR) is 99.3 cm³/mol. The number of aliphatic hydroxyl groups excluding tert-OH is 2. The second kappa shape index (κ2) is 13.1. The van der Waals surface area contributed by atoms with Gasteiger partial charge >= 0.3 is 17.9 Å². The molecule has 0 heterocycles. The van der Waals surface area contributed by atoms with Crippen LogP contribution in [0.1, 0.15) is 26.2 Å². The first-order chi connectivity index (χ1) is 14.3. The van der Waals surface area contributed by atoms with Crippen LogP contribution in [0.3, 0.4) is 0 Å². The molecule has 0 rings (SSSR count). The molecule has 3 amide bonds. The second-order valence-corrected chi connectivity index (χ2v) is 6.51. The zero-order chi connectivity index (χ0) is 24.3. The minimum Gasteiger partial charge on any atom is -0.481 e. The van der Waals surface area contributed by atoms with Crippen LogP contribution in [-0.4, -0.2) is 98.0 Å². The number of carboxylic acid groups (broad SMARTS) is 3. The van der Waals surface area contributed by atoms with Gasteiger partial charge in [-0.25, -0.2) is 4.79 Å². The highest BCUT2D eigenvalue weighted by atomic mass is 16.4. The molecule has 0 radical (unpaired) electrons. The highest BCUT2D eigenvalue weighted by Crippen LogP contribution is 2.01. The van der Waals surface area contributed by atoms with Crippen LogP contribution < -0.4 is 21.7 Å². The van der Waals surface area contributed by atoms with Crippen molar-refractivity contribution in [3.8, 4) is 0 Å². The normalized spacial score (nSPS) is 15.5. The van der Waals surface area contributed by atoms with Gasteiger partial charge in [-0.2, -0.15) is 0 Å². The van der Waals surface area contributed by atoms with Crippen LogP contribution >= 0.6 is 0 Å². The van der Waals surface area contributed by atoms with Crippen molar-refractivity contribution < 1.29 is 54.3 Å². The Bertz CT molecular complexity index is 697. The fraction of sp³-hybridized carbons (Fsp3) is 0.625. The van der Waals surface area contributed by atoms with Crippen LogP contribution in [0.5, 0.6) is 0 Å². The number of nitrogens with two attached hydrogens (primary N) is 1. The molecule has 15 nitrogen and oxygen atoms in total. The smallest absolute Gasteiger partial charge is 0.328 e. The number of carbonyl (C=O) groups is 6. The van der Waals surface area contributed by atoms with E-state index in [1.807, 2.05) is 16.0 Å². The number of hydrogen-bond acceptors (Lipinski definition) is 9. The lowest BCUT2D eigenvalue weighted by molar-refractivity contribution is -0.146. The highest BCUT2D eigenvalue weighted by molar-refractivity contribution is 5.95. The van der Waals surface area contributed by atoms with E-state index in [0.717, 1.165) is 6.92 Å². The number of amides is 3. The maximum atomic E-state index is 12.3. The van der Waals surface area contributed by atoms with Crippen molar-refractivity contribution >= 4 is 35.6 Å². The lowest BCUT2D eigenvalue weighted by Crippen LogP contribution is -2.59. The number of carboxylic acids is 3. The van der Waals surface area contributed by atoms with Gasteiger partial charge in [0.25, 0.3) is 0 Å². The highest BCUT2D eigenvalue weighted by Gasteiger charge is 2.32. The molecule has 0 aliphatic heterocycles. The Labute approximate surface area is 175 Å². The number of hydrogen-bond donors (Lipinski definition) is 9. The van der Waals surface area contributed by atoms with Crippen molar-refractivity contribution in [1.82, 2.24) is 16.0 Å². The molecule has 0 aromatic rings. The quantitative estimate of drug-likeness (QED) is 0.121. The number of carbonyl (C=O) groups excluding carboxylic acids is 3. The van der Waals surface area contributed by atoms with Crippen LogP contribution in [-0.2, 0) is 28.8 Å². The lowest BCUT2D eigenvalue weighted by atomic mass is 10.1. The van der Waals surface area contributed by atoms with Crippen LogP contribution in [0.4, 0.5) is 0 Å². The molecule has 5 atom stereocenters. The Morgan fingerprint density at radius 2 is 1.35 bits per heavy atom. The van der Waals surface area contributed by atoms with Crippen molar-refractivity contribution in [2.45, 2.75) is 56.5 Å². The lowest BCUT2D eigenvalue weighted by Gasteiger charge is -2.24. The van der Waals surface area contributed by atoms with Gasteiger partial charge in [0, 0.05) is 6.42 Å². The molecule has 0 aliphatic carbocycles. The van der Waals surface area contributed by atoms with Gasteiger partial charge in [0.1, 0.15) is 12.1 Å². The molecule has 0 spiro atoms. The van der Waals surface area contributed by atoms with E-state index in [9.17, 15) is 39.0 Å². The molecule has 0 saturated carbocycles. The van der Waals surface area contributed by atoms with Gasteiger partial charge in [-0.3, -0.25) is 24.0 Å². The Kier molecular flexibility index (Phi) is 11.7. The molecule has 15 heteroatoms. The van der Waals surface area contributed by atoms with Gasteiger partial charge in [0.05, 0.1) is 25.2 Å². The van der Waals surface area contributed by atoms with Gasteiger partial charge in [-0.15, -0.1) is 0 Å². The summed E-state index contributed by atoms with van der Waals surface area (Å²) in [6.07, 6.45) is -3.21. The fourth-order valence-electron chi connectivity index (χ4n) is 2.18. The fourth-order valence-corrected chi connectivity index (χ4v) is 2.18. The van der Waals surface area contributed by atoms with E-state index < -0.39 is 85.3 Å². The van der Waals surface area contributed by atoms with Crippen molar-refractivity contribution in [1.29, 1.82) is 0 Å². The molecule has 176 valence electrons. The van der Waals surface area contributed by atoms with Gasteiger partial charge in [-0.05, 0) is 13.3 Å². The van der Waals surface area contributed by atoms with E-state index in [1.54, 1.807) is 0 Å². The van der Waals surface area contributed by atoms with Crippen LogP contribution in [0, 0.1) is 0 Å². The van der Waals surface area contributed by atoms with E-state index in [1.165, 1.54) is 0 Å².